The minimum absolute atomic E-state index is 0.130. The van der Waals surface area contributed by atoms with E-state index in [1.807, 2.05) is 0 Å². The molecule has 0 amide bonds. The van der Waals surface area contributed by atoms with E-state index in [9.17, 15) is 17.6 Å². The lowest BCUT2D eigenvalue weighted by Crippen LogP contribution is -2.09. The van der Waals surface area contributed by atoms with Crippen molar-refractivity contribution in [2.75, 3.05) is 0 Å². The molecule has 0 aliphatic rings. The molecule has 0 N–H and O–H groups in total. The van der Waals surface area contributed by atoms with Crippen molar-refractivity contribution in [3.8, 4) is 0 Å². The number of halogens is 6. The Labute approximate surface area is 87.4 Å². The zero-order chi connectivity index (χ0) is 10.9. The third-order valence-corrected chi connectivity index (χ3v) is 2.13. The van der Waals surface area contributed by atoms with E-state index in [1.54, 1.807) is 0 Å². The summed E-state index contributed by atoms with van der Waals surface area (Å²) in [5, 5.41) is -0.574. The molecule has 0 radical (unpaired) electrons. The summed E-state index contributed by atoms with van der Waals surface area (Å²) in [5.74, 6) is -1.61. The number of benzene rings is 1. The van der Waals surface area contributed by atoms with Gasteiger partial charge >= 0.3 is 6.18 Å². The van der Waals surface area contributed by atoms with Crippen LogP contribution in [0.1, 0.15) is 11.1 Å². The molecule has 0 saturated carbocycles. The lowest BCUT2D eigenvalue weighted by molar-refractivity contribution is -0.140. The highest BCUT2D eigenvalue weighted by molar-refractivity contribution is 6.31. The van der Waals surface area contributed by atoms with Gasteiger partial charge in [-0.2, -0.15) is 13.2 Å². The van der Waals surface area contributed by atoms with Crippen molar-refractivity contribution in [1.82, 2.24) is 0 Å². The van der Waals surface area contributed by atoms with Crippen LogP contribution in [0.25, 0.3) is 0 Å². The molecule has 0 aliphatic carbocycles. The van der Waals surface area contributed by atoms with Gasteiger partial charge in [-0.3, -0.25) is 0 Å². The minimum atomic E-state index is -4.75. The van der Waals surface area contributed by atoms with Gasteiger partial charge in [0.25, 0.3) is 0 Å². The summed E-state index contributed by atoms with van der Waals surface area (Å²) in [6.07, 6.45) is -4.75. The van der Waals surface area contributed by atoms with E-state index in [-0.39, 0.29) is 11.4 Å². The summed E-state index contributed by atoms with van der Waals surface area (Å²) in [6.45, 7) is 0. The van der Waals surface area contributed by atoms with E-state index < -0.39 is 22.6 Å². The van der Waals surface area contributed by atoms with Crippen LogP contribution in [0.15, 0.2) is 12.1 Å². The molecular weight excluding hydrogens is 243 g/mol. The van der Waals surface area contributed by atoms with Crippen LogP contribution in [0.2, 0.25) is 5.02 Å². The average Bonchev–Trinajstić information content (AvgIpc) is 2.07. The van der Waals surface area contributed by atoms with Gasteiger partial charge in [-0.1, -0.05) is 11.6 Å². The maximum Gasteiger partial charge on any atom is 0.419 e. The molecule has 0 fully saturated rings. The number of rotatable bonds is 1. The van der Waals surface area contributed by atoms with Gasteiger partial charge in [0.1, 0.15) is 0 Å². The normalized spacial score (nSPS) is 11.9. The van der Waals surface area contributed by atoms with Gasteiger partial charge in [-0.25, -0.2) is 4.39 Å². The Morgan fingerprint density at radius 1 is 1.21 bits per heavy atom. The monoisotopic (exact) mass is 246 g/mol. The van der Waals surface area contributed by atoms with E-state index in [0.717, 1.165) is 6.07 Å². The Balaban J connectivity index is 3.35. The Kier molecular flexibility index (Phi) is 3.27. The van der Waals surface area contributed by atoms with Crippen LogP contribution >= 0.6 is 23.2 Å². The molecule has 0 bridgehead atoms. The average molecular weight is 247 g/mol. The molecule has 1 aromatic carbocycles. The SMILES string of the molecule is Fc1c(Cl)cc(CCl)cc1C(F)(F)F. The molecule has 14 heavy (non-hydrogen) atoms. The predicted molar refractivity (Wildman–Crippen MR) is 46.0 cm³/mol. The Hall–Kier alpha value is -0.480. The lowest BCUT2D eigenvalue weighted by atomic mass is 10.1. The minimum Gasteiger partial charge on any atom is -0.205 e. The van der Waals surface area contributed by atoms with Gasteiger partial charge in [0.15, 0.2) is 5.82 Å². The first-order valence-electron chi connectivity index (χ1n) is 3.47. The van der Waals surface area contributed by atoms with E-state index in [0.29, 0.717) is 6.07 Å². The summed E-state index contributed by atoms with van der Waals surface area (Å²) in [5.41, 5.74) is -1.26. The highest BCUT2D eigenvalue weighted by Crippen LogP contribution is 2.35. The van der Waals surface area contributed by atoms with Crippen molar-refractivity contribution in [2.45, 2.75) is 12.1 Å². The number of alkyl halides is 4. The van der Waals surface area contributed by atoms with E-state index in [2.05, 4.69) is 0 Å². The van der Waals surface area contributed by atoms with Crippen molar-refractivity contribution in [2.24, 2.45) is 0 Å². The molecule has 78 valence electrons. The zero-order valence-corrected chi connectivity index (χ0v) is 8.14. The maximum atomic E-state index is 12.9. The standard InChI is InChI=1S/C8H4Cl2F4/c9-3-4-1-5(8(12,13)14)7(11)6(10)2-4/h1-2H,3H2. The molecule has 0 spiro atoms. The van der Waals surface area contributed by atoms with E-state index >= 15 is 0 Å². The van der Waals surface area contributed by atoms with Gasteiger partial charge in [0.2, 0.25) is 0 Å². The second-order valence-corrected chi connectivity index (χ2v) is 3.25. The Morgan fingerprint density at radius 2 is 1.79 bits per heavy atom. The second kappa shape index (κ2) is 3.95. The van der Waals surface area contributed by atoms with Crippen LogP contribution in [0.3, 0.4) is 0 Å². The molecular formula is C8H4Cl2F4. The van der Waals surface area contributed by atoms with Crippen molar-refractivity contribution in [3.63, 3.8) is 0 Å². The molecule has 0 saturated heterocycles. The van der Waals surface area contributed by atoms with Crippen LogP contribution in [-0.2, 0) is 12.1 Å². The van der Waals surface area contributed by atoms with Gasteiger partial charge in [-0.15, -0.1) is 11.6 Å². The number of hydrogen-bond donors (Lipinski definition) is 0. The van der Waals surface area contributed by atoms with E-state index in [4.69, 9.17) is 23.2 Å². The van der Waals surface area contributed by atoms with Gasteiger partial charge in [0, 0.05) is 5.88 Å². The van der Waals surface area contributed by atoms with Crippen molar-refractivity contribution < 1.29 is 17.6 Å². The summed E-state index contributed by atoms with van der Waals surface area (Å²) in [7, 11) is 0. The summed E-state index contributed by atoms with van der Waals surface area (Å²) in [6, 6.07) is 1.72. The third-order valence-electron chi connectivity index (χ3n) is 1.55. The Morgan fingerprint density at radius 3 is 2.21 bits per heavy atom. The fraction of sp³-hybridized carbons (Fsp3) is 0.250. The van der Waals surface area contributed by atoms with Crippen LogP contribution < -0.4 is 0 Å². The topological polar surface area (TPSA) is 0 Å². The summed E-state index contributed by atoms with van der Waals surface area (Å²) in [4.78, 5) is 0. The third kappa shape index (κ3) is 2.30. The van der Waals surface area contributed by atoms with Crippen LogP contribution in [-0.4, -0.2) is 0 Å². The van der Waals surface area contributed by atoms with Crippen LogP contribution in [0, 0.1) is 5.82 Å². The molecule has 6 heteroatoms. The quantitative estimate of drug-likeness (QED) is 0.514. The van der Waals surface area contributed by atoms with Gasteiger partial charge in [-0.05, 0) is 17.7 Å². The van der Waals surface area contributed by atoms with Crippen molar-refractivity contribution in [1.29, 1.82) is 0 Å². The van der Waals surface area contributed by atoms with Gasteiger partial charge in [0.05, 0.1) is 10.6 Å². The Bertz CT molecular complexity index is 346. The first-order chi connectivity index (χ1) is 6.36. The molecule has 1 aromatic rings. The highest BCUT2D eigenvalue weighted by Gasteiger charge is 2.35. The zero-order valence-electron chi connectivity index (χ0n) is 6.63. The summed E-state index contributed by atoms with van der Waals surface area (Å²) < 4.78 is 49.5. The fourth-order valence-electron chi connectivity index (χ4n) is 0.929. The van der Waals surface area contributed by atoms with Crippen molar-refractivity contribution in [3.05, 3.63) is 34.1 Å². The molecule has 0 aliphatic heterocycles. The fourth-order valence-corrected chi connectivity index (χ4v) is 1.32. The molecule has 0 heterocycles. The summed E-state index contributed by atoms with van der Waals surface area (Å²) >= 11 is 10.6. The lowest BCUT2D eigenvalue weighted by Gasteiger charge is -2.10. The second-order valence-electron chi connectivity index (χ2n) is 2.57. The number of hydrogen-bond acceptors (Lipinski definition) is 0. The smallest absolute Gasteiger partial charge is 0.205 e. The predicted octanol–water partition coefficient (Wildman–Crippen LogP) is 4.24. The highest BCUT2D eigenvalue weighted by atomic mass is 35.5. The largest absolute Gasteiger partial charge is 0.419 e. The van der Waals surface area contributed by atoms with Gasteiger partial charge < -0.3 is 0 Å². The first-order valence-corrected chi connectivity index (χ1v) is 4.38. The molecule has 1 rings (SSSR count). The van der Waals surface area contributed by atoms with Crippen LogP contribution in [0.5, 0.6) is 0 Å². The first kappa shape index (κ1) is 11.6. The molecule has 0 aromatic heterocycles. The maximum absolute atomic E-state index is 12.9. The van der Waals surface area contributed by atoms with Crippen LogP contribution in [0.4, 0.5) is 17.6 Å². The molecule has 0 atom stereocenters. The van der Waals surface area contributed by atoms with Crippen molar-refractivity contribution >= 4 is 23.2 Å². The van der Waals surface area contributed by atoms with E-state index in [1.165, 1.54) is 0 Å². The molecule has 0 unspecified atom stereocenters. The molecule has 0 nitrogen and oxygen atoms in total.